The Morgan fingerprint density at radius 1 is 1.12 bits per heavy atom. The smallest absolute Gasteiger partial charge is 0.155 e. The number of rotatable bonds is 10. The molecule has 0 radical (unpaired) electrons. The maximum Gasteiger partial charge on any atom is 0.155 e. The second-order valence-electron chi connectivity index (χ2n) is 8.17. The van der Waals surface area contributed by atoms with Crippen LogP contribution in [0.2, 0.25) is 0 Å². The van der Waals surface area contributed by atoms with E-state index in [9.17, 15) is 9.90 Å². The number of hydrogen-bond acceptors (Lipinski definition) is 3. The van der Waals surface area contributed by atoms with Gasteiger partial charge in [0, 0.05) is 12.0 Å². The highest BCUT2D eigenvalue weighted by Crippen LogP contribution is 2.23. The fourth-order valence-corrected chi connectivity index (χ4v) is 3.12. The number of Topliss-reactive ketones (excluding diaryl/α,β-unsaturated/α-hetero) is 1. The van der Waals surface area contributed by atoms with E-state index in [0.717, 1.165) is 12.8 Å². The summed E-state index contributed by atoms with van der Waals surface area (Å²) in [5.74, 6) is 0.0999. The Bertz CT molecular complexity index is 577. The Kier molecular flexibility index (Phi) is 9.24. The monoisotopic (exact) mass is 359 g/mol. The minimum Gasteiger partial charge on any atom is -0.391 e. The van der Waals surface area contributed by atoms with Gasteiger partial charge in [-0.2, -0.15) is 0 Å². The molecule has 0 bridgehead atoms. The van der Waals surface area contributed by atoms with E-state index in [2.05, 4.69) is 45.9 Å². The molecule has 0 unspecified atom stereocenters. The Hall–Kier alpha value is -1.45. The van der Waals surface area contributed by atoms with Crippen LogP contribution in [0.4, 0.5) is 0 Å². The van der Waals surface area contributed by atoms with Gasteiger partial charge in [-0.25, -0.2) is 0 Å². The third-order valence-electron chi connectivity index (χ3n) is 5.23. The number of benzene rings is 1. The van der Waals surface area contributed by atoms with E-state index < -0.39 is 12.1 Å². The summed E-state index contributed by atoms with van der Waals surface area (Å²) < 4.78 is 0. The zero-order chi connectivity index (χ0) is 19.9. The molecule has 0 fully saturated rings. The first-order valence-electron chi connectivity index (χ1n) is 9.81. The van der Waals surface area contributed by atoms with E-state index in [-0.39, 0.29) is 23.7 Å². The molecule has 1 N–H and O–H groups in total. The quantitative estimate of drug-likeness (QED) is 0.652. The summed E-state index contributed by atoms with van der Waals surface area (Å²) in [7, 11) is 1.94. The van der Waals surface area contributed by atoms with Crippen molar-refractivity contribution in [3.63, 3.8) is 0 Å². The lowest BCUT2D eigenvalue weighted by Gasteiger charge is -2.37. The molecule has 0 aromatic heterocycles. The zero-order valence-electron chi connectivity index (χ0n) is 17.6. The van der Waals surface area contributed by atoms with Crippen molar-refractivity contribution < 1.29 is 9.90 Å². The Morgan fingerprint density at radius 3 is 2.19 bits per heavy atom. The molecule has 146 valence electrons. The van der Waals surface area contributed by atoms with E-state index in [1.54, 1.807) is 0 Å². The first kappa shape index (κ1) is 22.6. The number of aliphatic hydroxyl groups excluding tert-OH is 1. The van der Waals surface area contributed by atoms with Gasteiger partial charge in [-0.05, 0) is 52.1 Å². The average molecular weight is 360 g/mol. The van der Waals surface area contributed by atoms with Crippen molar-refractivity contribution in [1.82, 2.24) is 4.90 Å². The molecule has 1 rings (SSSR count). The van der Waals surface area contributed by atoms with Gasteiger partial charge in [0.15, 0.2) is 5.78 Å². The zero-order valence-corrected chi connectivity index (χ0v) is 17.6. The van der Waals surface area contributed by atoms with Crippen LogP contribution in [0.15, 0.2) is 35.9 Å². The van der Waals surface area contributed by atoms with Gasteiger partial charge in [0.25, 0.3) is 0 Å². The molecule has 3 atom stereocenters. The van der Waals surface area contributed by atoms with E-state index in [1.807, 2.05) is 44.0 Å². The third-order valence-corrected chi connectivity index (χ3v) is 5.23. The van der Waals surface area contributed by atoms with Crippen LogP contribution in [0, 0.1) is 11.8 Å². The number of hydrogen-bond donors (Lipinski definition) is 1. The van der Waals surface area contributed by atoms with E-state index in [1.165, 1.54) is 11.1 Å². The normalized spacial score (nSPS) is 16.2. The van der Waals surface area contributed by atoms with Crippen molar-refractivity contribution >= 4 is 11.9 Å². The number of carbonyl (C=O) groups is 1. The molecule has 1 aromatic carbocycles. The Balaban J connectivity index is 2.77. The van der Waals surface area contributed by atoms with E-state index in [4.69, 9.17) is 0 Å². The summed E-state index contributed by atoms with van der Waals surface area (Å²) in [5, 5.41) is 10.9. The van der Waals surface area contributed by atoms with Gasteiger partial charge in [-0.1, -0.05) is 62.8 Å². The van der Waals surface area contributed by atoms with Crippen LogP contribution in [0.3, 0.4) is 0 Å². The highest BCUT2D eigenvalue weighted by atomic mass is 16.3. The second kappa shape index (κ2) is 10.6. The molecular formula is C23H37NO2. The molecule has 0 aliphatic carbocycles. The molecule has 0 saturated carbocycles. The summed E-state index contributed by atoms with van der Waals surface area (Å²) in [4.78, 5) is 14.7. The molecule has 0 aliphatic rings. The molecule has 0 spiro atoms. The number of allylic oxidation sites excluding steroid dienone is 1. The molecule has 1 aromatic rings. The van der Waals surface area contributed by atoms with Crippen molar-refractivity contribution in [3.05, 3.63) is 41.5 Å². The lowest BCUT2D eigenvalue weighted by Crippen LogP contribution is -2.53. The van der Waals surface area contributed by atoms with Crippen LogP contribution in [0.25, 0.3) is 6.08 Å². The molecule has 0 amide bonds. The minimum atomic E-state index is -0.651. The molecule has 3 heteroatoms. The predicted molar refractivity (Wildman–Crippen MR) is 111 cm³/mol. The summed E-state index contributed by atoms with van der Waals surface area (Å²) in [6, 6.07) is 10.0. The van der Waals surface area contributed by atoms with Crippen molar-refractivity contribution in [3.8, 4) is 0 Å². The Morgan fingerprint density at radius 2 is 1.69 bits per heavy atom. The molecule has 3 nitrogen and oxygen atoms in total. The largest absolute Gasteiger partial charge is 0.391 e. The van der Waals surface area contributed by atoms with Crippen LogP contribution < -0.4 is 0 Å². The fraction of sp³-hybridized carbons (Fsp3) is 0.609. The summed E-state index contributed by atoms with van der Waals surface area (Å²) >= 11 is 0. The third kappa shape index (κ3) is 6.69. The van der Waals surface area contributed by atoms with Crippen LogP contribution in [-0.2, 0) is 4.79 Å². The molecular weight excluding hydrogens is 322 g/mol. The molecule has 0 aliphatic heterocycles. The standard InChI is InChI=1S/C23H37NO2/c1-16(2)22(25)21(24(7)17(3)4)23(26)19(6)14-13-18(5)15-20-11-9-8-10-12-20/h8-12,15-17,19,21,23,26H,13-14H2,1-7H3/t19-,21-,23-/m1/s1. The van der Waals surface area contributed by atoms with Crippen LogP contribution in [-0.4, -0.2) is 41.0 Å². The first-order valence-corrected chi connectivity index (χ1v) is 9.81. The van der Waals surface area contributed by atoms with E-state index in [0.29, 0.717) is 0 Å². The van der Waals surface area contributed by atoms with Crippen molar-refractivity contribution in [2.75, 3.05) is 7.05 Å². The number of carbonyl (C=O) groups excluding carboxylic acids is 1. The maximum atomic E-state index is 12.7. The second-order valence-corrected chi connectivity index (χ2v) is 8.17. The number of ketones is 1. The number of likely N-dealkylation sites (N-methyl/N-ethyl adjacent to an activating group) is 1. The summed E-state index contributed by atoms with van der Waals surface area (Å²) in [6.07, 6.45) is 3.32. The van der Waals surface area contributed by atoms with Gasteiger partial charge in [-0.15, -0.1) is 0 Å². The number of aliphatic hydroxyl groups is 1. The van der Waals surface area contributed by atoms with Crippen LogP contribution >= 0.6 is 0 Å². The van der Waals surface area contributed by atoms with Crippen LogP contribution in [0.5, 0.6) is 0 Å². The molecule has 0 saturated heterocycles. The fourth-order valence-electron chi connectivity index (χ4n) is 3.12. The predicted octanol–water partition coefficient (Wildman–Crippen LogP) is 4.80. The SMILES string of the molecule is CC(=Cc1ccccc1)CC[C@@H](C)[C@@H](O)[C@@H](C(=O)C(C)C)N(C)C(C)C. The van der Waals surface area contributed by atoms with Crippen molar-refractivity contribution in [1.29, 1.82) is 0 Å². The average Bonchev–Trinajstić information content (AvgIpc) is 2.60. The van der Waals surface area contributed by atoms with Gasteiger partial charge in [0.05, 0.1) is 12.1 Å². The van der Waals surface area contributed by atoms with Gasteiger partial charge in [-0.3, -0.25) is 9.69 Å². The summed E-state index contributed by atoms with van der Waals surface area (Å²) in [5.41, 5.74) is 2.49. The first-order chi connectivity index (χ1) is 12.1. The summed E-state index contributed by atoms with van der Waals surface area (Å²) in [6.45, 7) is 12.1. The van der Waals surface area contributed by atoms with Gasteiger partial charge < -0.3 is 5.11 Å². The molecule has 26 heavy (non-hydrogen) atoms. The lowest BCUT2D eigenvalue weighted by molar-refractivity contribution is -0.133. The van der Waals surface area contributed by atoms with Crippen molar-refractivity contribution in [2.45, 2.75) is 72.6 Å². The van der Waals surface area contributed by atoms with E-state index >= 15 is 0 Å². The molecule has 0 heterocycles. The lowest BCUT2D eigenvalue weighted by atomic mass is 9.86. The van der Waals surface area contributed by atoms with Gasteiger partial charge in [0.2, 0.25) is 0 Å². The van der Waals surface area contributed by atoms with Crippen LogP contribution in [0.1, 0.15) is 59.9 Å². The van der Waals surface area contributed by atoms with Crippen molar-refractivity contribution in [2.24, 2.45) is 11.8 Å². The maximum absolute atomic E-state index is 12.7. The number of nitrogens with zero attached hydrogens (tertiary/aromatic N) is 1. The highest BCUT2D eigenvalue weighted by molar-refractivity contribution is 5.86. The van der Waals surface area contributed by atoms with Gasteiger partial charge in [0.1, 0.15) is 0 Å². The Labute approximate surface area is 160 Å². The topological polar surface area (TPSA) is 40.5 Å². The van der Waals surface area contributed by atoms with Gasteiger partial charge >= 0.3 is 0 Å². The minimum absolute atomic E-state index is 0.0584. The highest BCUT2D eigenvalue weighted by Gasteiger charge is 2.35.